The topological polar surface area (TPSA) is 12.0 Å². The number of hydrogen-bond acceptors (Lipinski definition) is 1. The van der Waals surface area contributed by atoms with Gasteiger partial charge in [-0.3, -0.25) is 0 Å². The third-order valence-electron chi connectivity index (χ3n) is 4.43. The summed E-state index contributed by atoms with van der Waals surface area (Å²) < 4.78 is 0. The van der Waals surface area contributed by atoms with E-state index in [4.69, 9.17) is 0 Å². The highest BCUT2D eigenvalue weighted by Crippen LogP contribution is 2.47. The summed E-state index contributed by atoms with van der Waals surface area (Å²) in [7, 11) is 0. The third kappa shape index (κ3) is 1.98. The van der Waals surface area contributed by atoms with Crippen LogP contribution in [0.4, 0.5) is 0 Å². The molecule has 0 radical (unpaired) electrons. The van der Waals surface area contributed by atoms with Crippen LogP contribution < -0.4 is 5.32 Å². The predicted octanol–water partition coefficient (Wildman–Crippen LogP) is 3.49. The SMILES string of the molecule is CCCCCC12CCCNC1CCC2. The van der Waals surface area contributed by atoms with E-state index in [9.17, 15) is 0 Å². The predicted molar refractivity (Wildman–Crippen MR) is 61.5 cm³/mol. The molecule has 1 saturated carbocycles. The second kappa shape index (κ2) is 4.65. The highest BCUT2D eigenvalue weighted by atomic mass is 15.0. The summed E-state index contributed by atoms with van der Waals surface area (Å²) >= 11 is 0. The lowest BCUT2D eigenvalue weighted by Gasteiger charge is -2.40. The minimum absolute atomic E-state index is 0.730. The maximum Gasteiger partial charge on any atom is 0.0123 e. The van der Waals surface area contributed by atoms with E-state index in [-0.39, 0.29) is 0 Å². The Bertz CT molecular complexity index is 178. The molecule has 0 amide bonds. The van der Waals surface area contributed by atoms with Gasteiger partial charge in [0.1, 0.15) is 0 Å². The maximum absolute atomic E-state index is 3.75. The summed E-state index contributed by atoms with van der Waals surface area (Å²) in [4.78, 5) is 0. The van der Waals surface area contributed by atoms with Gasteiger partial charge in [-0.25, -0.2) is 0 Å². The molecule has 2 aliphatic rings. The quantitative estimate of drug-likeness (QED) is 0.677. The van der Waals surface area contributed by atoms with Gasteiger partial charge in [-0.1, -0.05) is 32.6 Å². The lowest BCUT2D eigenvalue weighted by molar-refractivity contribution is 0.146. The van der Waals surface area contributed by atoms with Gasteiger partial charge >= 0.3 is 0 Å². The molecule has 1 nitrogen and oxygen atoms in total. The van der Waals surface area contributed by atoms with Gasteiger partial charge in [0.05, 0.1) is 0 Å². The van der Waals surface area contributed by atoms with Gasteiger partial charge in [-0.15, -0.1) is 0 Å². The van der Waals surface area contributed by atoms with E-state index in [0.29, 0.717) is 0 Å². The number of rotatable bonds is 4. The Morgan fingerprint density at radius 2 is 2.07 bits per heavy atom. The van der Waals surface area contributed by atoms with E-state index in [1.165, 1.54) is 64.3 Å². The van der Waals surface area contributed by atoms with Crippen LogP contribution in [0.1, 0.15) is 64.7 Å². The molecule has 82 valence electrons. The van der Waals surface area contributed by atoms with Crippen LogP contribution in [-0.2, 0) is 0 Å². The number of nitrogens with one attached hydrogen (secondary N) is 1. The second-order valence-electron chi connectivity index (χ2n) is 5.32. The van der Waals surface area contributed by atoms with Crippen molar-refractivity contribution >= 4 is 0 Å². The molecule has 1 heterocycles. The van der Waals surface area contributed by atoms with Gasteiger partial charge in [-0.05, 0) is 44.1 Å². The van der Waals surface area contributed by atoms with Crippen LogP contribution in [0.2, 0.25) is 0 Å². The first-order valence-electron chi connectivity index (χ1n) is 6.61. The van der Waals surface area contributed by atoms with E-state index >= 15 is 0 Å². The summed E-state index contributed by atoms with van der Waals surface area (Å²) in [5, 5.41) is 3.75. The van der Waals surface area contributed by atoms with E-state index in [1.807, 2.05) is 0 Å². The van der Waals surface area contributed by atoms with Crippen LogP contribution in [0, 0.1) is 5.41 Å². The molecule has 0 bridgehead atoms. The molecule has 2 rings (SSSR count). The molecular weight excluding hydrogens is 170 g/mol. The van der Waals surface area contributed by atoms with Crippen molar-refractivity contribution in [2.75, 3.05) is 6.54 Å². The van der Waals surface area contributed by atoms with Gasteiger partial charge in [0.15, 0.2) is 0 Å². The minimum Gasteiger partial charge on any atom is -0.313 e. The van der Waals surface area contributed by atoms with E-state index in [1.54, 1.807) is 0 Å². The molecule has 1 heteroatoms. The number of hydrogen-bond donors (Lipinski definition) is 1. The van der Waals surface area contributed by atoms with Crippen molar-refractivity contribution in [1.82, 2.24) is 5.32 Å². The molecule has 0 aromatic carbocycles. The monoisotopic (exact) mass is 195 g/mol. The average molecular weight is 195 g/mol. The Balaban J connectivity index is 1.89. The molecule has 0 spiro atoms. The van der Waals surface area contributed by atoms with Gasteiger partial charge in [0.25, 0.3) is 0 Å². The lowest BCUT2D eigenvalue weighted by Crippen LogP contribution is -2.46. The third-order valence-corrected chi connectivity index (χ3v) is 4.43. The molecule has 2 atom stereocenters. The van der Waals surface area contributed by atoms with Crippen molar-refractivity contribution < 1.29 is 0 Å². The Morgan fingerprint density at radius 1 is 1.21 bits per heavy atom. The van der Waals surface area contributed by atoms with Crippen LogP contribution >= 0.6 is 0 Å². The summed E-state index contributed by atoms with van der Waals surface area (Å²) in [5.74, 6) is 0. The number of piperidine rings is 1. The Hall–Kier alpha value is -0.0400. The summed E-state index contributed by atoms with van der Waals surface area (Å²) in [6.45, 7) is 3.59. The normalized spacial score (nSPS) is 37.1. The summed E-state index contributed by atoms with van der Waals surface area (Å²) in [6, 6.07) is 0.883. The smallest absolute Gasteiger partial charge is 0.0123 e. The molecule has 1 aliphatic carbocycles. The fourth-order valence-corrected chi connectivity index (χ4v) is 3.62. The molecule has 1 saturated heterocycles. The van der Waals surface area contributed by atoms with Crippen LogP contribution in [0.25, 0.3) is 0 Å². The number of unbranched alkanes of at least 4 members (excludes halogenated alkanes) is 2. The fraction of sp³-hybridized carbons (Fsp3) is 1.00. The molecular formula is C13H25N. The zero-order valence-electron chi connectivity index (χ0n) is 9.65. The van der Waals surface area contributed by atoms with Crippen molar-refractivity contribution in [2.45, 2.75) is 70.8 Å². The fourth-order valence-electron chi connectivity index (χ4n) is 3.62. The second-order valence-corrected chi connectivity index (χ2v) is 5.32. The molecule has 1 N–H and O–H groups in total. The first kappa shape index (κ1) is 10.5. The van der Waals surface area contributed by atoms with Crippen LogP contribution in [0.3, 0.4) is 0 Å². The molecule has 14 heavy (non-hydrogen) atoms. The molecule has 2 fully saturated rings. The Morgan fingerprint density at radius 3 is 2.93 bits per heavy atom. The molecule has 1 aliphatic heterocycles. The van der Waals surface area contributed by atoms with Crippen LogP contribution in [-0.4, -0.2) is 12.6 Å². The summed E-state index contributed by atoms with van der Waals surface area (Å²) in [6.07, 6.45) is 13.1. The highest BCUT2D eigenvalue weighted by Gasteiger charge is 2.43. The average Bonchev–Trinajstić information content (AvgIpc) is 2.62. The van der Waals surface area contributed by atoms with Crippen molar-refractivity contribution in [3.8, 4) is 0 Å². The van der Waals surface area contributed by atoms with Gasteiger partial charge < -0.3 is 5.32 Å². The molecule has 0 aromatic rings. The van der Waals surface area contributed by atoms with E-state index < -0.39 is 0 Å². The van der Waals surface area contributed by atoms with E-state index in [2.05, 4.69) is 12.2 Å². The maximum atomic E-state index is 3.75. The van der Waals surface area contributed by atoms with Crippen molar-refractivity contribution in [1.29, 1.82) is 0 Å². The van der Waals surface area contributed by atoms with Crippen molar-refractivity contribution in [2.24, 2.45) is 5.41 Å². The standard InChI is InChI=1S/C13H25N/c1-2-3-4-8-13-9-5-7-12(13)14-11-6-10-13/h12,14H,2-11H2,1H3. The van der Waals surface area contributed by atoms with Crippen molar-refractivity contribution in [3.05, 3.63) is 0 Å². The molecule has 0 aromatic heterocycles. The minimum atomic E-state index is 0.730. The molecule has 2 unspecified atom stereocenters. The zero-order chi connectivity index (χ0) is 9.86. The highest BCUT2D eigenvalue weighted by molar-refractivity contribution is 4.98. The Labute approximate surface area is 88.7 Å². The Kier molecular flexibility index (Phi) is 3.48. The summed E-state index contributed by atoms with van der Waals surface area (Å²) in [5.41, 5.74) is 0.730. The van der Waals surface area contributed by atoms with Crippen LogP contribution in [0.15, 0.2) is 0 Å². The number of fused-ring (bicyclic) bond motifs is 1. The first-order chi connectivity index (χ1) is 6.87. The van der Waals surface area contributed by atoms with Gasteiger partial charge in [0.2, 0.25) is 0 Å². The van der Waals surface area contributed by atoms with Gasteiger partial charge in [0, 0.05) is 6.04 Å². The zero-order valence-corrected chi connectivity index (χ0v) is 9.65. The first-order valence-corrected chi connectivity index (χ1v) is 6.61. The lowest BCUT2D eigenvalue weighted by atomic mass is 9.72. The van der Waals surface area contributed by atoms with E-state index in [0.717, 1.165) is 11.5 Å². The van der Waals surface area contributed by atoms with Crippen molar-refractivity contribution in [3.63, 3.8) is 0 Å². The van der Waals surface area contributed by atoms with Crippen LogP contribution in [0.5, 0.6) is 0 Å². The van der Waals surface area contributed by atoms with Gasteiger partial charge in [-0.2, -0.15) is 0 Å². The largest absolute Gasteiger partial charge is 0.313 e.